The topological polar surface area (TPSA) is 106 Å². The van der Waals surface area contributed by atoms with Gasteiger partial charge in [-0.05, 0) is 64.9 Å². The molecule has 0 radical (unpaired) electrons. The Bertz CT molecular complexity index is 1700. The molecule has 264 valence electrons. The van der Waals surface area contributed by atoms with Crippen molar-refractivity contribution in [3.8, 4) is 16.9 Å². The molecule has 8 nitrogen and oxygen atoms in total. The molecule has 0 aliphatic carbocycles. The molecule has 0 spiro atoms. The quantitative estimate of drug-likeness (QED) is 0.0813. The molecule has 0 unspecified atom stereocenters. The summed E-state index contributed by atoms with van der Waals surface area (Å²) in [4.78, 5) is 24.5. The minimum absolute atomic E-state index is 0.00619. The van der Waals surface area contributed by atoms with Gasteiger partial charge in [-0.2, -0.15) is 0 Å². The van der Waals surface area contributed by atoms with E-state index in [1.807, 2.05) is 66.7 Å². The molecule has 1 aliphatic rings. The Morgan fingerprint density at radius 1 is 0.820 bits per heavy atom. The first kappa shape index (κ1) is 37.1. The van der Waals surface area contributed by atoms with Crippen LogP contribution >= 0.6 is 11.8 Å². The average Bonchev–Trinajstić information content (AvgIpc) is 3.15. The second-order valence-electron chi connectivity index (χ2n) is 12.7. The SMILES string of the molecule is COc1ccccc1SC[C@H]1O[C@@H](c2cccc(-c3cccc(CNC(=O)CCCCCNC(C)=O)c3)c2)O[C@@H](c2ccc(CO)cc2)[C@H]1C. The van der Waals surface area contributed by atoms with Crippen LogP contribution in [-0.4, -0.2) is 42.4 Å². The molecule has 2 amide bonds. The summed E-state index contributed by atoms with van der Waals surface area (Å²) < 4.78 is 19.1. The third kappa shape index (κ3) is 10.4. The fourth-order valence-electron chi connectivity index (χ4n) is 6.09. The van der Waals surface area contributed by atoms with Crippen LogP contribution in [0.4, 0.5) is 0 Å². The number of benzene rings is 4. The van der Waals surface area contributed by atoms with E-state index in [1.165, 1.54) is 6.92 Å². The van der Waals surface area contributed by atoms with Crippen LogP contribution in [0.15, 0.2) is 102 Å². The lowest BCUT2D eigenvalue weighted by Crippen LogP contribution is -2.38. The molecule has 1 saturated heterocycles. The van der Waals surface area contributed by atoms with E-state index in [2.05, 4.69) is 47.9 Å². The minimum Gasteiger partial charge on any atom is -0.496 e. The second-order valence-corrected chi connectivity index (χ2v) is 13.7. The van der Waals surface area contributed by atoms with Gasteiger partial charge in [0.15, 0.2) is 6.29 Å². The van der Waals surface area contributed by atoms with Crippen molar-refractivity contribution in [2.45, 2.75) is 76.1 Å². The maximum Gasteiger partial charge on any atom is 0.220 e. The molecular formula is C41H48N2O6S. The minimum atomic E-state index is -0.586. The first-order chi connectivity index (χ1) is 24.3. The van der Waals surface area contributed by atoms with Gasteiger partial charge in [0.2, 0.25) is 11.8 Å². The van der Waals surface area contributed by atoms with Crippen LogP contribution in [0.3, 0.4) is 0 Å². The van der Waals surface area contributed by atoms with Crippen molar-refractivity contribution in [1.82, 2.24) is 10.6 Å². The Kier molecular flexibility index (Phi) is 13.9. The molecule has 0 saturated carbocycles. The fourth-order valence-corrected chi connectivity index (χ4v) is 7.28. The number of hydrogen-bond donors (Lipinski definition) is 3. The van der Waals surface area contributed by atoms with Crippen molar-refractivity contribution in [2.24, 2.45) is 5.92 Å². The van der Waals surface area contributed by atoms with Crippen LogP contribution in [0, 0.1) is 5.92 Å². The van der Waals surface area contributed by atoms with E-state index in [0.29, 0.717) is 19.5 Å². The number of aliphatic hydroxyl groups excluding tert-OH is 1. The van der Waals surface area contributed by atoms with E-state index >= 15 is 0 Å². The van der Waals surface area contributed by atoms with Crippen molar-refractivity contribution in [2.75, 3.05) is 19.4 Å². The highest BCUT2D eigenvalue weighted by Crippen LogP contribution is 2.44. The molecule has 50 heavy (non-hydrogen) atoms. The van der Waals surface area contributed by atoms with Gasteiger partial charge in [-0.3, -0.25) is 9.59 Å². The lowest BCUT2D eigenvalue weighted by molar-refractivity contribution is -0.268. The number of rotatable bonds is 16. The highest BCUT2D eigenvalue weighted by atomic mass is 32.2. The summed E-state index contributed by atoms with van der Waals surface area (Å²) in [6.07, 6.45) is 2.11. The molecule has 0 bridgehead atoms. The van der Waals surface area contributed by atoms with Crippen LogP contribution < -0.4 is 15.4 Å². The van der Waals surface area contributed by atoms with Crippen molar-refractivity contribution in [3.05, 3.63) is 119 Å². The number of ether oxygens (including phenoxy) is 3. The van der Waals surface area contributed by atoms with Gasteiger partial charge in [-0.25, -0.2) is 0 Å². The number of nitrogens with one attached hydrogen (secondary N) is 2. The molecule has 9 heteroatoms. The van der Waals surface area contributed by atoms with E-state index in [9.17, 15) is 14.7 Å². The summed E-state index contributed by atoms with van der Waals surface area (Å²) in [5.41, 5.74) is 5.93. The lowest BCUT2D eigenvalue weighted by Gasteiger charge is -2.41. The average molecular weight is 697 g/mol. The number of carbonyl (C=O) groups excluding carboxylic acids is 2. The van der Waals surface area contributed by atoms with E-state index in [0.717, 1.165) is 69.0 Å². The van der Waals surface area contributed by atoms with E-state index in [-0.39, 0.29) is 36.5 Å². The van der Waals surface area contributed by atoms with Crippen LogP contribution in [0.2, 0.25) is 0 Å². The van der Waals surface area contributed by atoms with Gasteiger partial charge < -0.3 is 30.0 Å². The fraction of sp³-hybridized carbons (Fsp3) is 0.366. The number of para-hydroxylation sites is 1. The summed E-state index contributed by atoms with van der Waals surface area (Å²) in [5, 5.41) is 15.4. The van der Waals surface area contributed by atoms with E-state index in [4.69, 9.17) is 14.2 Å². The van der Waals surface area contributed by atoms with E-state index < -0.39 is 6.29 Å². The number of thioether (sulfide) groups is 1. The predicted octanol–water partition coefficient (Wildman–Crippen LogP) is 7.75. The number of carbonyl (C=O) groups is 2. The first-order valence-corrected chi connectivity index (χ1v) is 18.3. The first-order valence-electron chi connectivity index (χ1n) is 17.3. The summed E-state index contributed by atoms with van der Waals surface area (Å²) in [6.45, 7) is 4.77. The van der Waals surface area contributed by atoms with Crippen molar-refractivity contribution < 1.29 is 28.9 Å². The van der Waals surface area contributed by atoms with Crippen molar-refractivity contribution in [3.63, 3.8) is 0 Å². The number of unbranched alkanes of at least 4 members (excludes halogenated alkanes) is 2. The number of aliphatic hydroxyl groups is 1. The molecule has 1 heterocycles. The van der Waals surface area contributed by atoms with Crippen LogP contribution in [0.5, 0.6) is 5.75 Å². The van der Waals surface area contributed by atoms with Gasteiger partial charge in [0.25, 0.3) is 0 Å². The van der Waals surface area contributed by atoms with Crippen LogP contribution in [-0.2, 0) is 32.2 Å². The zero-order chi connectivity index (χ0) is 35.3. The van der Waals surface area contributed by atoms with Gasteiger partial charge >= 0.3 is 0 Å². The van der Waals surface area contributed by atoms with Crippen molar-refractivity contribution in [1.29, 1.82) is 0 Å². The van der Waals surface area contributed by atoms with Crippen LogP contribution in [0.1, 0.15) is 74.2 Å². The zero-order valence-electron chi connectivity index (χ0n) is 29.1. The normalized spacial score (nSPS) is 18.7. The Labute approximate surface area is 299 Å². The van der Waals surface area contributed by atoms with Crippen molar-refractivity contribution >= 4 is 23.6 Å². The number of hydrogen-bond acceptors (Lipinski definition) is 7. The molecule has 1 aliphatic heterocycles. The van der Waals surface area contributed by atoms with Gasteiger partial charge in [-0.15, -0.1) is 11.8 Å². The third-order valence-corrected chi connectivity index (χ3v) is 10.1. The maximum atomic E-state index is 12.5. The molecule has 3 N–H and O–H groups in total. The highest BCUT2D eigenvalue weighted by Gasteiger charge is 2.38. The number of methoxy groups -OCH3 is 1. The standard InChI is InChI=1S/C41H48N2O6S/c1-28-37(27-50-38-16-7-6-15-36(38)47-3)48-41(49-40(28)32-20-18-30(26-44)19-21-32)35-14-10-13-34(24-35)33-12-9-11-31(23-33)25-43-39(46)17-5-4-8-22-42-29(2)45/h6-7,9-16,18-21,23-24,28,37,40-41,44H,4-5,8,17,22,25-27H2,1-3H3,(H,42,45)(H,43,46)/t28-,37+,40+,41+/m0/s1. The maximum absolute atomic E-state index is 12.5. The molecule has 5 rings (SSSR count). The van der Waals surface area contributed by atoms with Gasteiger partial charge in [0, 0.05) is 48.6 Å². The van der Waals surface area contributed by atoms with Gasteiger partial charge in [0.1, 0.15) is 5.75 Å². The molecular weight excluding hydrogens is 649 g/mol. The Morgan fingerprint density at radius 3 is 2.34 bits per heavy atom. The molecule has 0 aromatic heterocycles. The highest BCUT2D eigenvalue weighted by molar-refractivity contribution is 7.99. The van der Waals surface area contributed by atoms with Gasteiger partial charge in [-0.1, -0.05) is 86.1 Å². The summed E-state index contributed by atoms with van der Waals surface area (Å²) >= 11 is 1.72. The monoisotopic (exact) mass is 696 g/mol. The summed E-state index contributed by atoms with van der Waals surface area (Å²) in [5.74, 6) is 1.62. The summed E-state index contributed by atoms with van der Waals surface area (Å²) in [6, 6.07) is 32.5. The second kappa shape index (κ2) is 18.7. The number of amides is 2. The Hall–Kier alpha value is -4.15. The summed E-state index contributed by atoms with van der Waals surface area (Å²) in [7, 11) is 1.69. The lowest BCUT2D eigenvalue weighted by atomic mass is 9.91. The van der Waals surface area contributed by atoms with E-state index in [1.54, 1.807) is 18.9 Å². The predicted molar refractivity (Wildman–Crippen MR) is 198 cm³/mol. The molecule has 4 atom stereocenters. The Balaban J connectivity index is 1.28. The zero-order valence-corrected chi connectivity index (χ0v) is 29.9. The Morgan fingerprint density at radius 2 is 1.58 bits per heavy atom. The molecule has 4 aromatic rings. The molecule has 4 aromatic carbocycles. The largest absolute Gasteiger partial charge is 0.496 e. The smallest absolute Gasteiger partial charge is 0.220 e. The van der Waals surface area contributed by atoms with Gasteiger partial charge in [0.05, 0.1) is 25.9 Å². The van der Waals surface area contributed by atoms with Crippen LogP contribution in [0.25, 0.3) is 11.1 Å². The third-order valence-electron chi connectivity index (χ3n) is 8.96. The molecule has 1 fully saturated rings.